The number of benzene rings is 1. The summed E-state index contributed by atoms with van der Waals surface area (Å²) >= 11 is 0. The van der Waals surface area contributed by atoms with Crippen molar-refractivity contribution in [3.05, 3.63) is 35.9 Å². The normalized spacial score (nSPS) is 27.0. The van der Waals surface area contributed by atoms with Gasteiger partial charge in [-0.25, -0.2) is 0 Å². The summed E-state index contributed by atoms with van der Waals surface area (Å²) in [6, 6.07) is 10.9. The van der Waals surface area contributed by atoms with Gasteiger partial charge in [0.05, 0.1) is 6.04 Å². The maximum absolute atomic E-state index is 11.1. The van der Waals surface area contributed by atoms with Crippen LogP contribution in [-0.4, -0.2) is 23.3 Å². The Morgan fingerprint density at radius 1 is 1.43 bits per heavy atom. The SMILES string of the molecule is CC(=O)C1CN1[C@@H](C)c1ccccc1. The summed E-state index contributed by atoms with van der Waals surface area (Å²) in [5, 5.41) is 0. The van der Waals surface area contributed by atoms with Gasteiger partial charge in [0.15, 0.2) is 0 Å². The Morgan fingerprint density at radius 3 is 2.57 bits per heavy atom. The number of carbonyl (C=O) groups is 1. The standard InChI is InChI=1S/C12H15NO/c1-9(11-6-4-3-5-7-11)13-8-12(13)10(2)14/h3-7,9,12H,8H2,1-2H3/t9-,12?,13?/m0/s1. The number of nitrogens with zero attached hydrogens (tertiary/aromatic N) is 1. The van der Waals surface area contributed by atoms with E-state index in [-0.39, 0.29) is 11.8 Å². The summed E-state index contributed by atoms with van der Waals surface area (Å²) in [5.74, 6) is 0.285. The van der Waals surface area contributed by atoms with Gasteiger partial charge >= 0.3 is 0 Å². The number of hydrogen-bond donors (Lipinski definition) is 0. The molecule has 1 saturated heterocycles. The minimum Gasteiger partial charge on any atom is -0.298 e. The lowest BCUT2D eigenvalue weighted by Gasteiger charge is -2.13. The molecular formula is C12H15NO. The summed E-state index contributed by atoms with van der Waals surface area (Å²) in [7, 11) is 0. The smallest absolute Gasteiger partial charge is 0.148 e. The molecule has 3 atom stereocenters. The van der Waals surface area contributed by atoms with Crippen molar-refractivity contribution >= 4 is 5.78 Å². The number of Topliss-reactive ketones (excluding diaryl/α,β-unsaturated/α-hetero) is 1. The van der Waals surface area contributed by atoms with E-state index in [0.29, 0.717) is 6.04 Å². The molecule has 1 aliphatic heterocycles. The molecule has 2 heteroatoms. The molecule has 0 saturated carbocycles. The molecule has 2 rings (SSSR count). The maximum atomic E-state index is 11.1. The molecule has 0 radical (unpaired) electrons. The Bertz CT molecular complexity index is 333. The Kier molecular flexibility index (Phi) is 2.38. The second kappa shape index (κ2) is 3.54. The van der Waals surface area contributed by atoms with Crippen molar-refractivity contribution in [1.82, 2.24) is 4.90 Å². The van der Waals surface area contributed by atoms with Gasteiger partial charge in [0.2, 0.25) is 0 Å². The van der Waals surface area contributed by atoms with Crippen LogP contribution in [0.15, 0.2) is 30.3 Å². The number of carbonyl (C=O) groups excluding carboxylic acids is 1. The van der Waals surface area contributed by atoms with Crippen LogP contribution in [0.5, 0.6) is 0 Å². The van der Waals surface area contributed by atoms with Crippen molar-refractivity contribution in [2.75, 3.05) is 6.54 Å². The molecule has 1 heterocycles. The largest absolute Gasteiger partial charge is 0.298 e. The van der Waals surface area contributed by atoms with Crippen LogP contribution < -0.4 is 0 Å². The van der Waals surface area contributed by atoms with Gasteiger partial charge in [-0.3, -0.25) is 9.69 Å². The van der Waals surface area contributed by atoms with Gasteiger partial charge in [0, 0.05) is 12.6 Å². The van der Waals surface area contributed by atoms with E-state index in [1.54, 1.807) is 6.92 Å². The molecule has 1 aromatic carbocycles. The van der Waals surface area contributed by atoms with Crippen LogP contribution in [0.25, 0.3) is 0 Å². The van der Waals surface area contributed by atoms with E-state index in [1.807, 2.05) is 18.2 Å². The molecule has 14 heavy (non-hydrogen) atoms. The second-order valence-electron chi connectivity index (χ2n) is 3.91. The third-order valence-corrected chi connectivity index (χ3v) is 2.90. The van der Waals surface area contributed by atoms with Gasteiger partial charge in [-0.2, -0.15) is 0 Å². The van der Waals surface area contributed by atoms with Crippen LogP contribution in [-0.2, 0) is 4.79 Å². The molecule has 2 nitrogen and oxygen atoms in total. The first-order valence-electron chi connectivity index (χ1n) is 5.01. The van der Waals surface area contributed by atoms with E-state index in [1.165, 1.54) is 5.56 Å². The fourth-order valence-corrected chi connectivity index (χ4v) is 1.87. The third-order valence-electron chi connectivity index (χ3n) is 2.90. The maximum Gasteiger partial charge on any atom is 0.148 e. The quantitative estimate of drug-likeness (QED) is 0.678. The molecule has 74 valence electrons. The zero-order chi connectivity index (χ0) is 10.1. The van der Waals surface area contributed by atoms with E-state index < -0.39 is 0 Å². The van der Waals surface area contributed by atoms with Crippen LogP contribution in [0.2, 0.25) is 0 Å². The van der Waals surface area contributed by atoms with Crippen molar-refractivity contribution in [2.24, 2.45) is 0 Å². The van der Waals surface area contributed by atoms with Gasteiger partial charge in [-0.15, -0.1) is 0 Å². The van der Waals surface area contributed by atoms with Crippen molar-refractivity contribution in [1.29, 1.82) is 0 Å². The molecule has 0 spiro atoms. The minimum absolute atomic E-state index is 0.171. The highest BCUT2D eigenvalue weighted by atomic mass is 16.1. The molecular weight excluding hydrogens is 174 g/mol. The predicted molar refractivity (Wildman–Crippen MR) is 56.0 cm³/mol. The van der Waals surface area contributed by atoms with Crippen LogP contribution in [0, 0.1) is 0 Å². The van der Waals surface area contributed by atoms with Crippen molar-refractivity contribution in [2.45, 2.75) is 25.9 Å². The van der Waals surface area contributed by atoms with E-state index in [0.717, 1.165) is 6.54 Å². The summed E-state index contributed by atoms with van der Waals surface area (Å²) in [4.78, 5) is 13.3. The van der Waals surface area contributed by atoms with E-state index in [9.17, 15) is 4.79 Å². The highest BCUT2D eigenvalue weighted by Crippen LogP contribution is 2.31. The zero-order valence-corrected chi connectivity index (χ0v) is 8.60. The summed E-state index contributed by atoms with van der Waals surface area (Å²) < 4.78 is 0. The van der Waals surface area contributed by atoms with Gasteiger partial charge in [0.1, 0.15) is 5.78 Å². The highest BCUT2D eigenvalue weighted by Gasteiger charge is 2.41. The Morgan fingerprint density at radius 2 is 2.07 bits per heavy atom. The summed E-state index contributed by atoms with van der Waals surface area (Å²) in [6.07, 6.45) is 0. The molecule has 1 aromatic rings. The second-order valence-corrected chi connectivity index (χ2v) is 3.91. The Hall–Kier alpha value is -1.15. The molecule has 1 fully saturated rings. The van der Waals surface area contributed by atoms with Crippen LogP contribution >= 0.6 is 0 Å². The van der Waals surface area contributed by atoms with Crippen molar-refractivity contribution < 1.29 is 4.79 Å². The summed E-state index contributed by atoms with van der Waals surface area (Å²) in [6.45, 7) is 4.74. The van der Waals surface area contributed by atoms with Gasteiger partial charge in [-0.1, -0.05) is 30.3 Å². The molecule has 0 bridgehead atoms. The lowest BCUT2D eigenvalue weighted by Crippen LogP contribution is -2.13. The molecule has 1 aliphatic rings. The molecule has 0 aromatic heterocycles. The highest BCUT2D eigenvalue weighted by molar-refractivity contribution is 5.84. The average molecular weight is 189 g/mol. The summed E-state index contributed by atoms with van der Waals surface area (Å²) in [5.41, 5.74) is 1.29. The zero-order valence-electron chi connectivity index (χ0n) is 8.60. The predicted octanol–water partition coefficient (Wildman–Crippen LogP) is 2.02. The first-order valence-corrected chi connectivity index (χ1v) is 5.01. The number of hydrogen-bond acceptors (Lipinski definition) is 2. The number of ketones is 1. The monoisotopic (exact) mass is 189 g/mol. The van der Waals surface area contributed by atoms with Crippen molar-refractivity contribution in [3.8, 4) is 0 Å². The van der Waals surface area contributed by atoms with Gasteiger partial charge in [0.25, 0.3) is 0 Å². The third kappa shape index (κ3) is 1.70. The fraction of sp³-hybridized carbons (Fsp3) is 0.417. The minimum atomic E-state index is 0.171. The first kappa shape index (κ1) is 9.41. The number of rotatable bonds is 3. The van der Waals surface area contributed by atoms with Crippen LogP contribution in [0.1, 0.15) is 25.5 Å². The Balaban J connectivity index is 2.05. The lowest BCUT2D eigenvalue weighted by molar-refractivity contribution is -0.117. The van der Waals surface area contributed by atoms with Crippen LogP contribution in [0.4, 0.5) is 0 Å². The molecule has 2 unspecified atom stereocenters. The Labute approximate surface area is 84.5 Å². The topological polar surface area (TPSA) is 20.1 Å². The fourth-order valence-electron chi connectivity index (χ4n) is 1.87. The van der Waals surface area contributed by atoms with Gasteiger partial charge < -0.3 is 0 Å². The van der Waals surface area contributed by atoms with E-state index in [4.69, 9.17) is 0 Å². The average Bonchev–Trinajstić information content (AvgIpc) is 2.97. The van der Waals surface area contributed by atoms with E-state index >= 15 is 0 Å². The lowest BCUT2D eigenvalue weighted by atomic mass is 10.1. The van der Waals surface area contributed by atoms with Gasteiger partial charge in [-0.05, 0) is 19.4 Å². The van der Waals surface area contributed by atoms with E-state index in [2.05, 4.69) is 24.0 Å². The first-order chi connectivity index (χ1) is 6.70. The van der Waals surface area contributed by atoms with Crippen molar-refractivity contribution in [3.63, 3.8) is 0 Å². The molecule has 0 amide bonds. The molecule has 0 aliphatic carbocycles. The van der Waals surface area contributed by atoms with Crippen LogP contribution in [0.3, 0.4) is 0 Å². The molecule has 0 N–H and O–H groups in total.